The van der Waals surface area contributed by atoms with Crippen molar-refractivity contribution in [1.82, 2.24) is 0 Å². The van der Waals surface area contributed by atoms with Crippen molar-refractivity contribution in [3.05, 3.63) is 75.3 Å². The summed E-state index contributed by atoms with van der Waals surface area (Å²) >= 11 is 0. The number of hydrogen-bond donors (Lipinski definition) is 2. The van der Waals surface area contributed by atoms with Gasteiger partial charge in [0.1, 0.15) is 0 Å². The van der Waals surface area contributed by atoms with Gasteiger partial charge in [-0.2, -0.15) is 0 Å². The van der Waals surface area contributed by atoms with Gasteiger partial charge in [-0.3, -0.25) is 0 Å². The monoisotopic (exact) mass is 487 g/mol. The first kappa shape index (κ1) is 27.5. The summed E-state index contributed by atoms with van der Waals surface area (Å²) in [7, 11) is 0. The quantitative estimate of drug-likeness (QED) is 0.352. The first-order valence-corrected chi connectivity index (χ1v) is 12.7. The third-order valence-corrected chi connectivity index (χ3v) is 6.95. The zero-order valence-electron chi connectivity index (χ0n) is 23.5. The smallest absolute Gasteiger partial charge is 0.337 e. The molecular formula is C32H41NO3. The second-order valence-electron chi connectivity index (χ2n) is 10.9. The lowest BCUT2D eigenvalue weighted by atomic mass is 9.81. The van der Waals surface area contributed by atoms with Crippen LogP contribution in [0.25, 0.3) is 22.3 Å². The number of hydrogen-bond acceptors (Lipinski definition) is 3. The summed E-state index contributed by atoms with van der Waals surface area (Å²) in [6.45, 7) is 21.0. The van der Waals surface area contributed by atoms with Gasteiger partial charge in [-0.25, -0.2) is 4.79 Å². The summed E-state index contributed by atoms with van der Waals surface area (Å²) in [4.78, 5) is 12.7. The van der Waals surface area contributed by atoms with Crippen molar-refractivity contribution in [1.29, 1.82) is 0 Å². The standard InChI is InChI=1S/C32H41NO3/c1-11-33-29-23(7)28(30(31(34)35)36-32(8,9)10)26(24-14-12-18(2)20(4)16-24)22(6)27(29)25-15-13-19(3)21(5)17-25/h12-17,30,33H,11H2,1-10H3,(H,34,35). The van der Waals surface area contributed by atoms with Gasteiger partial charge in [0.15, 0.2) is 6.10 Å². The molecule has 0 heterocycles. The third kappa shape index (κ3) is 5.49. The number of ether oxygens (including phenoxy) is 1. The molecule has 2 N–H and O–H groups in total. The zero-order valence-corrected chi connectivity index (χ0v) is 23.5. The SMILES string of the molecule is CCNc1c(C)c(C(OC(C)(C)C)C(=O)O)c(-c2ccc(C)c(C)c2)c(C)c1-c1ccc(C)c(C)c1. The van der Waals surface area contributed by atoms with Crippen molar-refractivity contribution in [3.63, 3.8) is 0 Å². The molecule has 0 spiro atoms. The van der Waals surface area contributed by atoms with E-state index in [1.165, 1.54) is 22.3 Å². The van der Waals surface area contributed by atoms with Crippen molar-refractivity contribution in [2.45, 2.75) is 80.9 Å². The Morgan fingerprint density at radius 1 is 0.833 bits per heavy atom. The van der Waals surface area contributed by atoms with Gasteiger partial charge in [0.2, 0.25) is 0 Å². The van der Waals surface area contributed by atoms with Crippen LogP contribution in [-0.4, -0.2) is 23.2 Å². The van der Waals surface area contributed by atoms with E-state index >= 15 is 0 Å². The number of carboxylic acid groups (broad SMARTS) is 1. The Kier molecular flexibility index (Phi) is 8.00. The van der Waals surface area contributed by atoms with Gasteiger partial charge < -0.3 is 15.2 Å². The molecule has 0 bridgehead atoms. The Morgan fingerprint density at radius 2 is 1.33 bits per heavy atom. The largest absolute Gasteiger partial charge is 0.479 e. The van der Waals surface area contributed by atoms with E-state index in [4.69, 9.17) is 4.74 Å². The number of nitrogens with one attached hydrogen (secondary N) is 1. The van der Waals surface area contributed by atoms with E-state index < -0.39 is 17.7 Å². The van der Waals surface area contributed by atoms with Crippen molar-refractivity contribution in [2.75, 3.05) is 11.9 Å². The predicted molar refractivity (Wildman–Crippen MR) is 151 cm³/mol. The molecule has 0 fully saturated rings. The third-order valence-electron chi connectivity index (χ3n) is 6.95. The van der Waals surface area contributed by atoms with Crippen LogP contribution in [0.2, 0.25) is 0 Å². The fourth-order valence-corrected chi connectivity index (χ4v) is 4.86. The van der Waals surface area contributed by atoms with E-state index in [2.05, 4.69) is 83.3 Å². The summed E-state index contributed by atoms with van der Waals surface area (Å²) < 4.78 is 6.22. The number of rotatable bonds is 7. The Balaban J connectivity index is 2.53. The molecule has 0 saturated heterocycles. The van der Waals surface area contributed by atoms with Gasteiger partial charge in [-0.15, -0.1) is 0 Å². The van der Waals surface area contributed by atoms with Crippen LogP contribution in [0.15, 0.2) is 36.4 Å². The van der Waals surface area contributed by atoms with Crippen molar-refractivity contribution < 1.29 is 14.6 Å². The fourth-order valence-electron chi connectivity index (χ4n) is 4.86. The number of aryl methyl sites for hydroxylation is 4. The molecule has 0 amide bonds. The molecule has 4 nitrogen and oxygen atoms in total. The lowest BCUT2D eigenvalue weighted by Crippen LogP contribution is -2.28. The minimum absolute atomic E-state index is 0.630. The van der Waals surface area contributed by atoms with Crippen LogP contribution in [-0.2, 0) is 9.53 Å². The zero-order chi connectivity index (χ0) is 26.9. The van der Waals surface area contributed by atoms with E-state index in [0.717, 1.165) is 45.6 Å². The van der Waals surface area contributed by atoms with Gasteiger partial charge in [0, 0.05) is 23.4 Å². The number of aliphatic carboxylic acids is 1. The number of anilines is 1. The average Bonchev–Trinajstić information content (AvgIpc) is 2.78. The molecular weight excluding hydrogens is 446 g/mol. The summed E-state index contributed by atoms with van der Waals surface area (Å²) in [6, 6.07) is 12.9. The highest BCUT2D eigenvalue weighted by molar-refractivity contribution is 5.94. The topological polar surface area (TPSA) is 58.6 Å². The average molecular weight is 488 g/mol. The number of benzene rings is 3. The maximum atomic E-state index is 12.7. The molecule has 0 aliphatic rings. The Bertz CT molecular complexity index is 1300. The number of carbonyl (C=O) groups is 1. The molecule has 3 aromatic rings. The molecule has 0 aromatic heterocycles. The van der Waals surface area contributed by atoms with Crippen molar-refractivity contribution in [3.8, 4) is 22.3 Å². The molecule has 1 atom stereocenters. The molecule has 0 saturated carbocycles. The Morgan fingerprint density at radius 3 is 1.75 bits per heavy atom. The van der Waals surface area contributed by atoms with Crippen LogP contribution in [0.5, 0.6) is 0 Å². The molecule has 4 heteroatoms. The maximum Gasteiger partial charge on any atom is 0.337 e. The van der Waals surface area contributed by atoms with E-state index in [1.807, 2.05) is 27.7 Å². The van der Waals surface area contributed by atoms with Crippen LogP contribution in [0.4, 0.5) is 5.69 Å². The number of carboxylic acids is 1. The second kappa shape index (κ2) is 10.5. The van der Waals surface area contributed by atoms with Gasteiger partial charge >= 0.3 is 5.97 Å². The van der Waals surface area contributed by atoms with E-state index in [9.17, 15) is 9.90 Å². The van der Waals surface area contributed by atoms with E-state index in [1.54, 1.807) is 0 Å². The first-order valence-electron chi connectivity index (χ1n) is 12.7. The van der Waals surface area contributed by atoms with Gasteiger partial charge in [0.05, 0.1) is 5.60 Å². The van der Waals surface area contributed by atoms with E-state index in [-0.39, 0.29) is 0 Å². The molecule has 0 aliphatic carbocycles. The second-order valence-corrected chi connectivity index (χ2v) is 10.9. The highest BCUT2D eigenvalue weighted by Gasteiger charge is 2.34. The normalized spacial score (nSPS) is 12.5. The highest BCUT2D eigenvalue weighted by Crippen LogP contribution is 2.47. The summed E-state index contributed by atoms with van der Waals surface area (Å²) in [5.41, 5.74) is 12.0. The molecule has 0 radical (unpaired) electrons. The lowest BCUT2D eigenvalue weighted by Gasteiger charge is -2.31. The van der Waals surface area contributed by atoms with Crippen molar-refractivity contribution in [2.24, 2.45) is 0 Å². The Labute approximate surface area is 216 Å². The minimum Gasteiger partial charge on any atom is -0.479 e. The van der Waals surface area contributed by atoms with Gasteiger partial charge in [0.25, 0.3) is 0 Å². The van der Waals surface area contributed by atoms with Gasteiger partial charge in [-0.1, -0.05) is 36.4 Å². The molecule has 3 rings (SSSR count). The molecule has 1 unspecified atom stereocenters. The molecule has 36 heavy (non-hydrogen) atoms. The fraction of sp³-hybridized carbons (Fsp3) is 0.406. The predicted octanol–water partition coefficient (Wildman–Crippen LogP) is 8.24. The van der Waals surface area contributed by atoms with Crippen molar-refractivity contribution >= 4 is 11.7 Å². The van der Waals surface area contributed by atoms with E-state index in [0.29, 0.717) is 5.56 Å². The lowest BCUT2D eigenvalue weighted by molar-refractivity contribution is -0.160. The Hall–Kier alpha value is -3.11. The van der Waals surface area contributed by atoms with Crippen LogP contribution in [0.3, 0.4) is 0 Å². The van der Waals surface area contributed by atoms with Crippen LogP contribution in [0, 0.1) is 41.5 Å². The van der Waals surface area contributed by atoms with Crippen LogP contribution in [0.1, 0.15) is 72.7 Å². The summed E-state index contributed by atoms with van der Waals surface area (Å²) in [6.07, 6.45) is -1.11. The van der Waals surface area contributed by atoms with Crippen LogP contribution >= 0.6 is 0 Å². The van der Waals surface area contributed by atoms with Gasteiger partial charge in [-0.05, 0) is 119 Å². The molecule has 0 aliphatic heterocycles. The first-order chi connectivity index (χ1) is 16.8. The summed E-state index contributed by atoms with van der Waals surface area (Å²) in [5, 5.41) is 14.0. The molecule has 3 aromatic carbocycles. The summed E-state index contributed by atoms with van der Waals surface area (Å²) in [5.74, 6) is -0.987. The maximum absolute atomic E-state index is 12.7. The minimum atomic E-state index is -1.11. The van der Waals surface area contributed by atoms with Crippen LogP contribution < -0.4 is 5.32 Å². The molecule has 192 valence electrons. The highest BCUT2D eigenvalue weighted by atomic mass is 16.5.